The van der Waals surface area contributed by atoms with Gasteiger partial charge in [0, 0.05) is 48.3 Å². The van der Waals surface area contributed by atoms with Crippen LogP contribution in [0.4, 0.5) is 0 Å². The van der Waals surface area contributed by atoms with Gasteiger partial charge in [0.2, 0.25) is 35.4 Å². The first-order valence-corrected chi connectivity index (χ1v) is 16.6. The normalized spacial score (nSPS) is 14.0. The Morgan fingerprint density at radius 1 is 0.846 bits per heavy atom. The highest BCUT2D eigenvalue weighted by Gasteiger charge is 2.31. The number of fused-ring (bicyclic) bond motifs is 1. The molecule has 0 aliphatic heterocycles. The van der Waals surface area contributed by atoms with E-state index in [0.717, 1.165) is 10.9 Å². The van der Waals surface area contributed by atoms with Crippen molar-refractivity contribution in [2.75, 3.05) is 13.2 Å². The fraction of sp³-hybridized carbons (Fsp3) is 0.455. The second-order valence-corrected chi connectivity index (χ2v) is 12.6. The number of carbonyl (C=O) groups excluding carboxylic acids is 6. The van der Waals surface area contributed by atoms with Gasteiger partial charge in [0.15, 0.2) is 0 Å². The summed E-state index contributed by atoms with van der Waals surface area (Å²) >= 11 is 0. The number of hydrogen-bond donors (Lipinski definition) is 11. The van der Waals surface area contributed by atoms with E-state index in [-0.39, 0.29) is 38.0 Å². The third-order valence-corrected chi connectivity index (χ3v) is 7.96. The molecule has 13 N–H and O–H groups in total. The van der Waals surface area contributed by atoms with Gasteiger partial charge in [0.05, 0.1) is 25.5 Å². The third-order valence-electron chi connectivity index (χ3n) is 7.96. The molecule has 3 rings (SSSR count). The van der Waals surface area contributed by atoms with E-state index < -0.39 is 84.8 Å². The van der Waals surface area contributed by atoms with Crippen LogP contribution in [-0.2, 0) is 46.4 Å². The summed E-state index contributed by atoms with van der Waals surface area (Å²) in [5, 5.41) is 32.3. The maximum Gasteiger partial charge on any atom is 0.326 e. The molecule has 0 aliphatic carbocycles. The lowest BCUT2D eigenvalue weighted by Crippen LogP contribution is -2.58. The Morgan fingerprint density at radius 2 is 1.52 bits per heavy atom. The van der Waals surface area contributed by atoms with Crippen molar-refractivity contribution in [3.8, 4) is 0 Å². The van der Waals surface area contributed by atoms with E-state index in [1.165, 1.54) is 12.5 Å². The van der Waals surface area contributed by atoms with E-state index in [9.17, 15) is 43.8 Å². The molecule has 5 unspecified atom stereocenters. The van der Waals surface area contributed by atoms with Crippen LogP contribution in [0.25, 0.3) is 10.9 Å². The van der Waals surface area contributed by atoms with Crippen LogP contribution in [0.2, 0.25) is 0 Å². The van der Waals surface area contributed by atoms with Crippen molar-refractivity contribution in [2.45, 2.75) is 76.2 Å². The van der Waals surface area contributed by atoms with Crippen LogP contribution in [-0.4, -0.2) is 110 Å². The highest BCUT2D eigenvalue weighted by molar-refractivity contribution is 5.96. The Hall–Kier alpha value is -5.82. The number of carboxylic acid groups (broad SMARTS) is 1. The smallest absolute Gasteiger partial charge is 0.326 e. The predicted molar refractivity (Wildman–Crippen MR) is 186 cm³/mol. The summed E-state index contributed by atoms with van der Waals surface area (Å²) in [6, 6.07) is 0.840. The minimum absolute atomic E-state index is 0.0295. The number of carboxylic acids is 1. The molecule has 0 aliphatic rings. The summed E-state index contributed by atoms with van der Waals surface area (Å²) in [6.07, 6.45) is 4.25. The molecule has 0 fully saturated rings. The highest BCUT2D eigenvalue weighted by Crippen LogP contribution is 2.19. The number of primary amides is 1. The number of hydrogen-bond acceptors (Lipinski definition) is 10. The molecule has 0 bridgehead atoms. The molecule has 282 valence electrons. The molecular weight excluding hydrogens is 680 g/mol. The summed E-state index contributed by atoms with van der Waals surface area (Å²) in [4.78, 5) is 98.0. The largest absolute Gasteiger partial charge is 0.480 e. The molecule has 3 aromatic rings. The molecule has 19 heteroatoms. The van der Waals surface area contributed by atoms with Gasteiger partial charge in [-0.3, -0.25) is 28.8 Å². The van der Waals surface area contributed by atoms with Gasteiger partial charge in [-0.1, -0.05) is 32.0 Å². The lowest BCUT2D eigenvalue weighted by molar-refractivity contribution is -0.142. The number of nitrogens with two attached hydrogens (primary N) is 2. The van der Waals surface area contributed by atoms with E-state index in [1.807, 2.05) is 32.0 Å². The Bertz CT molecular complexity index is 1710. The number of imidazole rings is 1. The highest BCUT2D eigenvalue weighted by atomic mass is 16.4. The second-order valence-electron chi connectivity index (χ2n) is 12.6. The monoisotopic (exact) mass is 726 g/mol. The number of nitrogens with zero attached hydrogens (tertiary/aromatic N) is 1. The molecule has 6 amide bonds. The van der Waals surface area contributed by atoms with Crippen molar-refractivity contribution < 1.29 is 43.8 Å². The Kier molecular flexibility index (Phi) is 15.3. The van der Waals surface area contributed by atoms with Crippen LogP contribution < -0.4 is 38.1 Å². The summed E-state index contributed by atoms with van der Waals surface area (Å²) in [5.74, 6) is -6.11. The van der Waals surface area contributed by atoms with E-state index in [0.29, 0.717) is 11.3 Å². The number of benzene rings is 1. The number of H-pyrrole nitrogens is 2. The quantitative estimate of drug-likeness (QED) is 0.0543. The van der Waals surface area contributed by atoms with E-state index in [1.54, 1.807) is 12.3 Å². The molecule has 5 atom stereocenters. The van der Waals surface area contributed by atoms with Crippen molar-refractivity contribution >= 4 is 52.3 Å². The van der Waals surface area contributed by atoms with Gasteiger partial charge in [-0.15, -0.1) is 0 Å². The van der Waals surface area contributed by atoms with Crippen LogP contribution in [0, 0.1) is 5.92 Å². The third kappa shape index (κ3) is 12.5. The summed E-state index contributed by atoms with van der Waals surface area (Å²) in [5.41, 5.74) is 12.9. The minimum Gasteiger partial charge on any atom is -0.480 e. The van der Waals surface area contributed by atoms with Crippen molar-refractivity contribution in [2.24, 2.45) is 17.4 Å². The van der Waals surface area contributed by atoms with Crippen molar-refractivity contribution in [1.29, 1.82) is 0 Å². The number of aromatic nitrogens is 3. The van der Waals surface area contributed by atoms with Gasteiger partial charge < -0.3 is 58.2 Å². The molecule has 0 radical (unpaired) electrons. The van der Waals surface area contributed by atoms with Gasteiger partial charge in [-0.25, -0.2) is 9.78 Å². The molecular formula is C33H46N10O9. The average molecular weight is 727 g/mol. The first-order chi connectivity index (χ1) is 24.7. The lowest BCUT2D eigenvalue weighted by Gasteiger charge is -2.25. The standard InChI is InChI=1S/C33H46N10O9/c1-17(2)9-23(41-29(47)21(34)7-8-27(35)45)31(49)42-24(10-18-12-37-22-6-4-3-5-20(18)22)30(48)38-14-28(46)40-26(15-44)32(50)43-25(33(51)52)11-19-13-36-16-39-19/h3-6,12-13,16-17,21,23-26,37,44H,7-11,14-15,34H2,1-2H3,(H2,35,45)(H,36,39)(H,38,48)(H,40,46)(H,41,47)(H,42,49)(H,43,50)(H,51,52). The topological polar surface area (TPSA) is 317 Å². The summed E-state index contributed by atoms with van der Waals surface area (Å²) in [7, 11) is 0. The number of aliphatic carboxylic acids is 1. The maximum absolute atomic E-state index is 13.6. The number of para-hydroxylation sites is 1. The predicted octanol–water partition coefficient (Wildman–Crippen LogP) is -2.55. The number of aliphatic hydroxyl groups excluding tert-OH is 1. The molecule has 0 spiro atoms. The molecule has 1 aromatic carbocycles. The molecule has 52 heavy (non-hydrogen) atoms. The van der Waals surface area contributed by atoms with Gasteiger partial charge in [-0.05, 0) is 30.4 Å². The molecule has 2 aromatic heterocycles. The van der Waals surface area contributed by atoms with Gasteiger partial charge in [-0.2, -0.15) is 0 Å². The number of amides is 6. The zero-order valence-electron chi connectivity index (χ0n) is 28.8. The number of aromatic amines is 2. The fourth-order valence-corrected chi connectivity index (χ4v) is 5.23. The maximum atomic E-state index is 13.6. The van der Waals surface area contributed by atoms with Crippen molar-refractivity contribution in [1.82, 2.24) is 41.5 Å². The van der Waals surface area contributed by atoms with Crippen molar-refractivity contribution in [3.63, 3.8) is 0 Å². The van der Waals surface area contributed by atoms with Crippen LogP contribution in [0.15, 0.2) is 43.0 Å². The Morgan fingerprint density at radius 3 is 2.15 bits per heavy atom. The average Bonchev–Trinajstić information content (AvgIpc) is 3.77. The zero-order valence-corrected chi connectivity index (χ0v) is 28.8. The Balaban J connectivity index is 1.71. The molecule has 2 heterocycles. The van der Waals surface area contributed by atoms with Gasteiger partial charge in [0.1, 0.15) is 24.2 Å². The first kappa shape index (κ1) is 40.6. The van der Waals surface area contributed by atoms with E-state index in [2.05, 4.69) is 41.5 Å². The molecule has 0 saturated heterocycles. The summed E-state index contributed by atoms with van der Waals surface area (Å²) in [6.45, 7) is 2.10. The first-order valence-electron chi connectivity index (χ1n) is 16.6. The SMILES string of the molecule is CC(C)CC(NC(=O)C(N)CCC(N)=O)C(=O)NC(Cc1c[nH]c2ccccc12)C(=O)NCC(=O)NC(CO)C(=O)NC(Cc1cnc[nH]1)C(=O)O. The summed E-state index contributed by atoms with van der Waals surface area (Å²) < 4.78 is 0. The van der Waals surface area contributed by atoms with Gasteiger partial charge >= 0.3 is 5.97 Å². The van der Waals surface area contributed by atoms with Crippen LogP contribution >= 0.6 is 0 Å². The van der Waals surface area contributed by atoms with E-state index in [4.69, 9.17) is 11.5 Å². The van der Waals surface area contributed by atoms with Crippen LogP contribution in [0.1, 0.15) is 44.4 Å². The second kappa shape index (κ2) is 19.5. The lowest BCUT2D eigenvalue weighted by atomic mass is 10.00. The van der Waals surface area contributed by atoms with Crippen LogP contribution in [0.3, 0.4) is 0 Å². The number of nitrogens with one attached hydrogen (secondary N) is 7. The fourth-order valence-electron chi connectivity index (χ4n) is 5.23. The Labute approximate surface area is 298 Å². The number of carbonyl (C=O) groups is 7. The number of aliphatic hydroxyl groups is 1. The van der Waals surface area contributed by atoms with Gasteiger partial charge in [0.25, 0.3) is 0 Å². The van der Waals surface area contributed by atoms with Crippen LogP contribution in [0.5, 0.6) is 0 Å². The van der Waals surface area contributed by atoms with Crippen molar-refractivity contribution in [3.05, 3.63) is 54.2 Å². The van der Waals surface area contributed by atoms with E-state index >= 15 is 0 Å². The molecule has 19 nitrogen and oxygen atoms in total. The number of rotatable bonds is 21. The zero-order chi connectivity index (χ0) is 38.4. The minimum atomic E-state index is -1.55. The molecule has 0 saturated carbocycles.